The molecule has 1 atom stereocenters. The maximum absolute atomic E-state index is 5.55. The molecule has 1 aliphatic rings. The topological polar surface area (TPSA) is 64.3 Å². The Morgan fingerprint density at radius 2 is 2.27 bits per heavy atom. The van der Waals surface area contributed by atoms with Crippen LogP contribution in [0, 0.1) is 0 Å². The highest BCUT2D eigenvalue weighted by Crippen LogP contribution is 2.22. The fourth-order valence-corrected chi connectivity index (χ4v) is 1.94. The van der Waals surface area contributed by atoms with E-state index in [9.17, 15) is 0 Å². The highest BCUT2D eigenvalue weighted by Gasteiger charge is 2.26. The van der Waals surface area contributed by atoms with Gasteiger partial charge in [-0.15, -0.1) is 0 Å². The molecule has 2 heterocycles. The van der Waals surface area contributed by atoms with E-state index in [4.69, 9.17) is 10.5 Å². The van der Waals surface area contributed by atoms with Gasteiger partial charge in [-0.2, -0.15) is 0 Å². The fraction of sp³-hybridized carbons (Fsp3) is 0.600. The van der Waals surface area contributed by atoms with Crippen LogP contribution in [0.1, 0.15) is 12.8 Å². The van der Waals surface area contributed by atoms with Gasteiger partial charge in [0.05, 0.1) is 30.7 Å². The van der Waals surface area contributed by atoms with Gasteiger partial charge in [0.2, 0.25) is 5.95 Å². The van der Waals surface area contributed by atoms with Crippen molar-refractivity contribution in [3.05, 3.63) is 12.4 Å². The first-order chi connectivity index (χ1) is 7.31. The van der Waals surface area contributed by atoms with Crippen LogP contribution in [-0.4, -0.2) is 36.3 Å². The van der Waals surface area contributed by atoms with Crippen LogP contribution >= 0.6 is 0 Å². The molecule has 1 aromatic heterocycles. The molecule has 5 nitrogen and oxygen atoms in total. The Morgan fingerprint density at radius 1 is 1.53 bits per heavy atom. The molecule has 2 N–H and O–H groups in total. The average molecular weight is 208 g/mol. The molecule has 2 rings (SSSR count). The molecule has 0 spiro atoms. The second-order valence-corrected chi connectivity index (χ2v) is 3.76. The van der Waals surface area contributed by atoms with Crippen molar-refractivity contribution in [1.82, 2.24) is 9.97 Å². The van der Waals surface area contributed by atoms with Crippen LogP contribution in [0.5, 0.6) is 0 Å². The van der Waals surface area contributed by atoms with Gasteiger partial charge < -0.3 is 15.4 Å². The molecule has 0 radical (unpaired) electrons. The molecular weight excluding hydrogens is 192 g/mol. The number of methoxy groups -OCH3 is 1. The monoisotopic (exact) mass is 208 g/mol. The van der Waals surface area contributed by atoms with Gasteiger partial charge >= 0.3 is 0 Å². The highest BCUT2D eigenvalue weighted by atomic mass is 16.5. The summed E-state index contributed by atoms with van der Waals surface area (Å²) in [6, 6.07) is 0.402. The lowest BCUT2D eigenvalue weighted by atomic mass is 10.2. The Balaban J connectivity index is 2.11. The zero-order valence-electron chi connectivity index (χ0n) is 8.89. The number of rotatable bonds is 3. The molecule has 0 amide bonds. The number of anilines is 2. The lowest BCUT2D eigenvalue weighted by Crippen LogP contribution is -2.34. The third-order valence-corrected chi connectivity index (χ3v) is 2.65. The number of aromatic nitrogens is 2. The van der Waals surface area contributed by atoms with E-state index < -0.39 is 0 Å². The van der Waals surface area contributed by atoms with E-state index in [1.165, 1.54) is 6.42 Å². The smallest absolute Gasteiger partial charge is 0.225 e. The molecule has 0 aliphatic carbocycles. The molecule has 82 valence electrons. The average Bonchev–Trinajstić information content (AvgIpc) is 2.68. The quantitative estimate of drug-likeness (QED) is 0.791. The number of hydrogen-bond donors (Lipinski definition) is 1. The molecule has 0 bridgehead atoms. The molecule has 1 saturated heterocycles. The molecule has 1 fully saturated rings. The van der Waals surface area contributed by atoms with Gasteiger partial charge in [0.1, 0.15) is 0 Å². The summed E-state index contributed by atoms with van der Waals surface area (Å²) >= 11 is 0. The SMILES string of the molecule is COC[C@H]1CCCN1c1ncc(N)cn1. The first-order valence-corrected chi connectivity index (χ1v) is 5.14. The summed E-state index contributed by atoms with van der Waals surface area (Å²) < 4.78 is 5.18. The lowest BCUT2D eigenvalue weighted by molar-refractivity contribution is 0.180. The summed E-state index contributed by atoms with van der Waals surface area (Å²) in [7, 11) is 1.72. The van der Waals surface area contributed by atoms with Crippen molar-refractivity contribution in [3.63, 3.8) is 0 Å². The first-order valence-electron chi connectivity index (χ1n) is 5.14. The van der Waals surface area contributed by atoms with Gasteiger partial charge in [-0.05, 0) is 12.8 Å². The summed E-state index contributed by atoms with van der Waals surface area (Å²) in [4.78, 5) is 10.6. The van der Waals surface area contributed by atoms with E-state index in [2.05, 4.69) is 14.9 Å². The second kappa shape index (κ2) is 4.44. The summed E-state index contributed by atoms with van der Waals surface area (Å²) in [6.07, 6.45) is 5.60. The van der Waals surface area contributed by atoms with Crippen molar-refractivity contribution in [2.24, 2.45) is 0 Å². The van der Waals surface area contributed by atoms with Crippen LogP contribution in [0.4, 0.5) is 11.6 Å². The minimum absolute atomic E-state index is 0.402. The van der Waals surface area contributed by atoms with Crippen LogP contribution < -0.4 is 10.6 Å². The Hall–Kier alpha value is -1.36. The largest absolute Gasteiger partial charge is 0.396 e. The van der Waals surface area contributed by atoms with Gasteiger partial charge in [-0.25, -0.2) is 9.97 Å². The number of ether oxygens (including phenoxy) is 1. The van der Waals surface area contributed by atoms with Crippen molar-refractivity contribution < 1.29 is 4.74 Å². The van der Waals surface area contributed by atoms with Crippen molar-refractivity contribution in [2.45, 2.75) is 18.9 Å². The van der Waals surface area contributed by atoms with Crippen molar-refractivity contribution in [3.8, 4) is 0 Å². The standard InChI is InChI=1S/C10H16N4O/c1-15-7-9-3-2-4-14(9)10-12-5-8(11)6-13-10/h5-6,9H,2-4,7,11H2,1H3/t9-/m1/s1. The molecule has 1 aromatic rings. The van der Waals surface area contributed by atoms with E-state index >= 15 is 0 Å². The van der Waals surface area contributed by atoms with E-state index in [0.717, 1.165) is 25.5 Å². The van der Waals surface area contributed by atoms with Crippen LogP contribution in [0.15, 0.2) is 12.4 Å². The molecule has 1 aliphatic heterocycles. The Bertz CT molecular complexity index is 314. The molecule has 5 heteroatoms. The molecular formula is C10H16N4O. The normalized spacial score (nSPS) is 20.9. The minimum atomic E-state index is 0.402. The fourth-order valence-electron chi connectivity index (χ4n) is 1.94. The highest BCUT2D eigenvalue weighted by molar-refractivity contribution is 5.39. The third kappa shape index (κ3) is 2.18. The van der Waals surface area contributed by atoms with Gasteiger partial charge in [0.25, 0.3) is 0 Å². The zero-order chi connectivity index (χ0) is 10.7. The summed E-state index contributed by atoms with van der Waals surface area (Å²) in [5.41, 5.74) is 6.15. The van der Waals surface area contributed by atoms with Gasteiger partial charge in [-0.1, -0.05) is 0 Å². The van der Waals surface area contributed by atoms with E-state index in [1.54, 1.807) is 19.5 Å². The second-order valence-electron chi connectivity index (χ2n) is 3.76. The number of nitrogen functional groups attached to an aromatic ring is 1. The predicted molar refractivity (Wildman–Crippen MR) is 58.7 cm³/mol. The number of hydrogen-bond acceptors (Lipinski definition) is 5. The third-order valence-electron chi connectivity index (χ3n) is 2.65. The number of nitrogens with zero attached hydrogens (tertiary/aromatic N) is 3. The minimum Gasteiger partial charge on any atom is -0.396 e. The Labute approximate surface area is 89.3 Å². The van der Waals surface area contributed by atoms with Crippen LogP contribution in [-0.2, 0) is 4.74 Å². The van der Waals surface area contributed by atoms with Gasteiger partial charge in [0.15, 0.2) is 0 Å². The van der Waals surface area contributed by atoms with Crippen molar-refractivity contribution in [1.29, 1.82) is 0 Å². The van der Waals surface area contributed by atoms with Crippen molar-refractivity contribution in [2.75, 3.05) is 30.9 Å². The van der Waals surface area contributed by atoms with E-state index in [0.29, 0.717) is 11.7 Å². The van der Waals surface area contributed by atoms with Gasteiger partial charge in [0, 0.05) is 13.7 Å². The maximum Gasteiger partial charge on any atom is 0.225 e. The summed E-state index contributed by atoms with van der Waals surface area (Å²) in [6.45, 7) is 1.73. The zero-order valence-corrected chi connectivity index (χ0v) is 8.89. The van der Waals surface area contributed by atoms with Crippen LogP contribution in [0.25, 0.3) is 0 Å². The first kappa shape index (κ1) is 10.2. The maximum atomic E-state index is 5.55. The molecule has 15 heavy (non-hydrogen) atoms. The predicted octanol–water partition coefficient (Wildman–Crippen LogP) is 0.674. The molecule has 0 unspecified atom stereocenters. The summed E-state index contributed by atoms with van der Waals surface area (Å²) in [5.74, 6) is 0.753. The van der Waals surface area contributed by atoms with E-state index in [-0.39, 0.29) is 0 Å². The molecule has 0 aromatic carbocycles. The Kier molecular flexibility index (Phi) is 3.01. The lowest BCUT2D eigenvalue weighted by Gasteiger charge is -2.23. The van der Waals surface area contributed by atoms with Crippen LogP contribution in [0.3, 0.4) is 0 Å². The Morgan fingerprint density at radius 3 is 2.93 bits per heavy atom. The van der Waals surface area contributed by atoms with Crippen molar-refractivity contribution >= 4 is 11.6 Å². The summed E-state index contributed by atoms with van der Waals surface area (Å²) in [5, 5.41) is 0. The van der Waals surface area contributed by atoms with Gasteiger partial charge in [-0.3, -0.25) is 0 Å². The molecule has 0 saturated carbocycles. The van der Waals surface area contributed by atoms with Crippen LogP contribution in [0.2, 0.25) is 0 Å². The van der Waals surface area contributed by atoms with E-state index in [1.807, 2.05) is 0 Å². The number of nitrogens with two attached hydrogens (primary N) is 1.